The number of ether oxygens (including phenoxy) is 1. The first-order valence-corrected chi connectivity index (χ1v) is 6.26. The summed E-state index contributed by atoms with van der Waals surface area (Å²) in [6, 6.07) is 15.7. The molecule has 0 spiro atoms. The van der Waals surface area contributed by atoms with Crippen molar-refractivity contribution in [3.63, 3.8) is 0 Å². The minimum Gasteiger partial charge on any atom is -0.496 e. The van der Waals surface area contributed by atoms with E-state index < -0.39 is 0 Å². The van der Waals surface area contributed by atoms with Gasteiger partial charge >= 0.3 is 0 Å². The van der Waals surface area contributed by atoms with Gasteiger partial charge in [0.15, 0.2) is 5.78 Å². The number of hydrogen-bond donors (Lipinski definition) is 0. The second-order valence-corrected chi connectivity index (χ2v) is 4.58. The van der Waals surface area contributed by atoms with Crippen molar-refractivity contribution in [3.05, 3.63) is 70.8 Å². The zero-order valence-electron chi connectivity index (χ0n) is 10.7. The first kappa shape index (κ1) is 11.7. The van der Waals surface area contributed by atoms with Gasteiger partial charge in [0.05, 0.1) is 12.7 Å². The zero-order valence-corrected chi connectivity index (χ0v) is 10.7. The minimum absolute atomic E-state index is 0.0799. The fourth-order valence-electron chi connectivity index (χ4n) is 2.46. The van der Waals surface area contributed by atoms with Crippen molar-refractivity contribution in [1.82, 2.24) is 0 Å². The molecule has 0 N–H and O–H groups in total. The number of benzene rings is 2. The maximum Gasteiger partial charge on any atom is 0.193 e. The molecular formula is C17H14O2. The van der Waals surface area contributed by atoms with Gasteiger partial charge in [0.2, 0.25) is 0 Å². The Morgan fingerprint density at radius 3 is 2.58 bits per heavy atom. The Labute approximate surface area is 112 Å². The van der Waals surface area contributed by atoms with Crippen molar-refractivity contribution in [2.24, 2.45) is 0 Å². The molecule has 0 unspecified atom stereocenters. The van der Waals surface area contributed by atoms with E-state index in [2.05, 4.69) is 0 Å². The molecule has 0 radical (unpaired) electrons. The van der Waals surface area contributed by atoms with Gasteiger partial charge in [-0.1, -0.05) is 42.5 Å². The van der Waals surface area contributed by atoms with E-state index in [1.807, 2.05) is 54.6 Å². The summed E-state index contributed by atoms with van der Waals surface area (Å²) in [5.74, 6) is 0.746. The molecule has 2 nitrogen and oxygen atoms in total. The van der Waals surface area contributed by atoms with Gasteiger partial charge in [0, 0.05) is 12.0 Å². The molecular weight excluding hydrogens is 236 g/mol. The van der Waals surface area contributed by atoms with Crippen LogP contribution in [0.1, 0.15) is 21.5 Å². The fraction of sp³-hybridized carbons (Fsp3) is 0.118. The minimum atomic E-state index is 0.0799. The number of ketones is 1. The van der Waals surface area contributed by atoms with Crippen molar-refractivity contribution in [3.8, 4) is 5.75 Å². The summed E-state index contributed by atoms with van der Waals surface area (Å²) in [6.07, 6.45) is 2.64. The lowest BCUT2D eigenvalue weighted by Gasteiger charge is -2.04. The van der Waals surface area contributed by atoms with Crippen molar-refractivity contribution in [2.75, 3.05) is 7.11 Å². The average molecular weight is 250 g/mol. The molecule has 0 amide bonds. The second kappa shape index (κ2) is 4.73. The van der Waals surface area contributed by atoms with Crippen molar-refractivity contribution >= 4 is 11.9 Å². The second-order valence-electron chi connectivity index (χ2n) is 4.58. The van der Waals surface area contributed by atoms with E-state index in [1.54, 1.807) is 7.11 Å². The van der Waals surface area contributed by atoms with Gasteiger partial charge in [-0.25, -0.2) is 0 Å². The molecule has 0 bridgehead atoms. The number of Topliss-reactive ketones (excluding diaryl/α,β-unsaturated/α-hetero) is 1. The summed E-state index contributed by atoms with van der Waals surface area (Å²) < 4.78 is 5.28. The Morgan fingerprint density at radius 2 is 1.84 bits per heavy atom. The molecule has 0 saturated heterocycles. The zero-order chi connectivity index (χ0) is 13.2. The number of carbonyl (C=O) groups excluding carboxylic acids is 1. The van der Waals surface area contributed by atoms with Gasteiger partial charge in [0.25, 0.3) is 0 Å². The lowest BCUT2D eigenvalue weighted by atomic mass is 10.1. The molecule has 0 aliphatic heterocycles. The molecule has 0 heterocycles. The molecule has 2 heteroatoms. The monoisotopic (exact) mass is 250 g/mol. The molecule has 0 atom stereocenters. The van der Waals surface area contributed by atoms with E-state index >= 15 is 0 Å². The molecule has 2 aromatic rings. The van der Waals surface area contributed by atoms with Crippen LogP contribution in [0.25, 0.3) is 6.08 Å². The lowest BCUT2D eigenvalue weighted by molar-refractivity contribution is 0.103. The normalized spacial score (nSPS) is 15.6. The largest absolute Gasteiger partial charge is 0.496 e. The van der Waals surface area contributed by atoms with E-state index in [1.165, 1.54) is 0 Å². The first-order valence-electron chi connectivity index (χ1n) is 6.26. The summed E-state index contributed by atoms with van der Waals surface area (Å²) in [6.45, 7) is 0. The van der Waals surface area contributed by atoms with Crippen LogP contribution in [0.15, 0.2) is 54.1 Å². The summed E-state index contributed by atoms with van der Waals surface area (Å²) in [4.78, 5) is 12.4. The molecule has 0 fully saturated rings. The fourth-order valence-corrected chi connectivity index (χ4v) is 2.46. The van der Waals surface area contributed by atoms with Gasteiger partial charge in [0.1, 0.15) is 5.75 Å². The van der Waals surface area contributed by atoms with Gasteiger partial charge in [-0.3, -0.25) is 4.79 Å². The third kappa shape index (κ3) is 2.06. The van der Waals surface area contributed by atoms with Crippen LogP contribution < -0.4 is 4.74 Å². The van der Waals surface area contributed by atoms with Gasteiger partial charge in [-0.15, -0.1) is 0 Å². The van der Waals surface area contributed by atoms with Crippen LogP contribution in [0.3, 0.4) is 0 Å². The maximum absolute atomic E-state index is 12.4. The number of rotatable bonds is 2. The van der Waals surface area contributed by atoms with E-state index in [0.29, 0.717) is 17.7 Å². The smallest absolute Gasteiger partial charge is 0.193 e. The molecule has 3 rings (SSSR count). The van der Waals surface area contributed by atoms with Gasteiger partial charge in [-0.05, 0) is 23.3 Å². The number of fused-ring (bicyclic) bond motifs is 1. The highest BCUT2D eigenvalue weighted by Gasteiger charge is 2.27. The van der Waals surface area contributed by atoms with E-state index in [-0.39, 0.29) is 5.78 Å². The molecule has 19 heavy (non-hydrogen) atoms. The van der Waals surface area contributed by atoms with Crippen LogP contribution in [0.5, 0.6) is 5.75 Å². The Kier molecular flexibility index (Phi) is 2.92. The molecule has 1 aliphatic rings. The van der Waals surface area contributed by atoms with Crippen molar-refractivity contribution < 1.29 is 9.53 Å². The SMILES string of the molecule is COc1cccc2c1C(=O)/C(=C/c1ccccc1)C2. The van der Waals surface area contributed by atoms with Crippen LogP contribution in [0.2, 0.25) is 0 Å². The van der Waals surface area contributed by atoms with E-state index in [0.717, 1.165) is 16.7 Å². The summed E-state index contributed by atoms with van der Waals surface area (Å²) in [5.41, 5.74) is 3.64. The number of carbonyl (C=O) groups is 1. The average Bonchev–Trinajstić information content (AvgIpc) is 2.77. The molecule has 1 aliphatic carbocycles. The van der Waals surface area contributed by atoms with Crippen LogP contribution in [-0.4, -0.2) is 12.9 Å². The quantitative estimate of drug-likeness (QED) is 0.762. The van der Waals surface area contributed by atoms with Crippen molar-refractivity contribution in [1.29, 1.82) is 0 Å². The first-order chi connectivity index (χ1) is 9.29. The van der Waals surface area contributed by atoms with Gasteiger partial charge < -0.3 is 4.74 Å². The van der Waals surface area contributed by atoms with Crippen LogP contribution in [0, 0.1) is 0 Å². The standard InChI is InChI=1S/C17H14O2/c1-19-15-9-5-8-13-11-14(17(18)16(13)15)10-12-6-3-2-4-7-12/h2-10H,11H2,1H3/b14-10+. The van der Waals surface area contributed by atoms with Crippen molar-refractivity contribution in [2.45, 2.75) is 6.42 Å². The van der Waals surface area contributed by atoms with E-state index in [4.69, 9.17) is 4.74 Å². The van der Waals surface area contributed by atoms with Gasteiger partial charge in [-0.2, -0.15) is 0 Å². The number of methoxy groups -OCH3 is 1. The molecule has 94 valence electrons. The van der Waals surface area contributed by atoms with E-state index in [9.17, 15) is 4.79 Å². The third-order valence-corrected chi connectivity index (χ3v) is 3.37. The Morgan fingerprint density at radius 1 is 1.05 bits per heavy atom. The summed E-state index contributed by atoms with van der Waals surface area (Å²) in [5, 5.41) is 0. The van der Waals surface area contributed by atoms with Crippen LogP contribution in [0.4, 0.5) is 0 Å². The topological polar surface area (TPSA) is 26.3 Å². The maximum atomic E-state index is 12.4. The molecule has 2 aromatic carbocycles. The Bertz CT molecular complexity index is 654. The lowest BCUT2D eigenvalue weighted by Crippen LogP contribution is -1.98. The summed E-state index contributed by atoms with van der Waals surface area (Å²) in [7, 11) is 1.60. The highest BCUT2D eigenvalue weighted by molar-refractivity contribution is 6.17. The van der Waals surface area contributed by atoms with Crippen LogP contribution in [-0.2, 0) is 6.42 Å². The Hall–Kier alpha value is -2.35. The highest BCUT2D eigenvalue weighted by Crippen LogP contribution is 2.34. The number of allylic oxidation sites excluding steroid dienone is 1. The third-order valence-electron chi connectivity index (χ3n) is 3.37. The predicted octanol–water partition coefficient (Wildman–Crippen LogP) is 3.52. The summed E-state index contributed by atoms with van der Waals surface area (Å²) >= 11 is 0. The molecule has 0 aromatic heterocycles. The highest BCUT2D eigenvalue weighted by atomic mass is 16.5. The molecule has 0 saturated carbocycles. The number of hydrogen-bond acceptors (Lipinski definition) is 2. The predicted molar refractivity (Wildman–Crippen MR) is 75.4 cm³/mol. The Balaban J connectivity index is 2.02. The van der Waals surface area contributed by atoms with Crippen LogP contribution >= 0.6 is 0 Å².